The largest absolute Gasteiger partial charge is 0.392 e. The van der Waals surface area contributed by atoms with Crippen LogP contribution in [-0.2, 0) is 10.0 Å². The number of sulfonamides is 1. The maximum atomic E-state index is 13.7. The van der Waals surface area contributed by atoms with Gasteiger partial charge in [0.05, 0.1) is 11.0 Å². The minimum atomic E-state index is -4.24. The van der Waals surface area contributed by atoms with E-state index in [1.165, 1.54) is 0 Å². The van der Waals surface area contributed by atoms with Gasteiger partial charge < -0.3 is 5.11 Å². The molecular weight excluding hydrogens is 303 g/mol. The van der Waals surface area contributed by atoms with Gasteiger partial charge in [-0.1, -0.05) is 13.8 Å². The second-order valence-corrected chi connectivity index (χ2v) is 7.30. The van der Waals surface area contributed by atoms with E-state index in [0.29, 0.717) is 6.07 Å². The van der Waals surface area contributed by atoms with E-state index in [1.807, 2.05) is 0 Å². The van der Waals surface area contributed by atoms with Crippen molar-refractivity contribution in [2.75, 3.05) is 0 Å². The van der Waals surface area contributed by atoms with E-state index >= 15 is 0 Å². The zero-order valence-corrected chi connectivity index (χ0v) is 12.2. The summed E-state index contributed by atoms with van der Waals surface area (Å²) in [6.07, 6.45) is -0.442. The zero-order chi connectivity index (χ0) is 16.0. The van der Waals surface area contributed by atoms with E-state index in [-0.39, 0.29) is 6.42 Å². The number of aliphatic hydroxyl groups excluding tert-OH is 1. The van der Waals surface area contributed by atoms with Crippen LogP contribution in [0.2, 0.25) is 0 Å². The second kappa shape index (κ2) is 5.00. The number of aliphatic hydroxyl groups is 1. The van der Waals surface area contributed by atoms with Gasteiger partial charge in [-0.15, -0.1) is 0 Å². The molecule has 1 aromatic carbocycles. The van der Waals surface area contributed by atoms with Crippen molar-refractivity contribution in [2.45, 2.75) is 37.3 Å². The quantitative estimate of drug-likeness (QED) is 0.640. The van der Waals surface area contributed by atoms with Crippen LogP contribution in [0.15, 0.2) is 23.1 Å². The maximum Gasteiger partial charge on any atom is 0.270 e. The van der Waals surface area contributed by atoms with Crippen LogP contribution >= 0.6 is 0 Å². The van der Waals surface area contributed by atoms with Crippen LogP contribution in [0.4, 0.5) is 10.1 Å². The fourth-order valence-corrected chi connectivity index (χ4v) is 3.67. The summed E-state index contributed by atoms with van der Waals surface area (Å²) in [5.41, 5.74) is -1.19. The molecule has 21 heavy (non-hydrogen) atoms. The van der Waals surface area contributed by atoms with Gasteiger partial charge in [-0.2, -0.15) is 0 Å². The summed E-state index contributed by atoms with van der Waals surface area (Å²) in [6.45, 7) is 3.36. The van der Waals surface area contributed by atoms with Crippen LogP contribution in [0.5, 0.6) is 0 Å². The number of rotatable bonds is 4. The SMILES string of the molecule is CC1(C)C(O)CC1NS(=O)(=O)c1cc([N+](=O)[O-])ccc1F. The summed E-state index contributed by atoms with van der Waals surface area (Å²) in [6, 6.07) is 1.76. The van der Waals surface area contributed by atoms with Gasteiger partial charge in [0.25, 0.3) is 5.69 Å². The summed E-state index contributed by atoms with van der Waals surface area (Å²) in [4.78, 5) is 9.10. The lowest BCUT2D eigenvalue weighted by Gasteiger charge is -2.49. The molecule has 0 aromatic heterocycles. The van der Waals surface area contributed by atoms with E-state index in [4.69, 9.17) is 0 Å². The molecule has 9 heteroatoms. The smallest absolute Gasteiger partial charge is 0.270 e. The number of nitrogens with zero attached hydrogens (tertiary/aromatic N) is 1. The Hall–Kier alpha value is -1.58. The predicted octanol–water partition coefficient (Wildman–Crippen LogP) is 1.17. The molecule has 1 fully saturated rings. The van der Waals surface area contributed by atoms with Crippen molar-refractivity contribution in [3.05, 3.63) is 34.1 Å². The fraction of sp³-hybridized carbons (Fsp3) is 0.500. The number of non-ortho nitro benzene ring substituents is 1. The summed E-state index contributed by atoms with van der Waals surface area (Å²) in [7, 11) is -4.24. The summed E-state index contributed by atoms with van der Waals surface area (Å²) >= 11 is 0. The molecule has 0 saturated heterocycles. The van der Waals surface area contributed by atoms with Crippen LogP contribution in [0.25, 0.3) is 0 Å². The van der Waals surface area contributed by atoms with E-state index < -0.39 is 48.9 Å². The Labute approximate surface area is 121 Å². The van der Waals surface area contributed by atoms with Gasteiger partial charge in [0.2, 0.25) is 10.0 Å². The van der Waals surface area contributed by atoms with Crippen molar-refractivity contribution in [3.63, 3.8) is 0 Å². The Bertz CT molecular complexity index is 689. The lowest BCUT2D eigenvalue weighted by atomic mass is 9.65. The number of nitrogens with one attached hydrogen (secondary N) is 1. The number of nitro benzene ring substituents is 1. The zero-order valence-electron chi connectivity index (χ0n) is 11.4. The van der Waals surface area contributed by atoms with Crippen LogP contribution in [0, 0.1) is 21.3 Å². The Morgan fingerprint density at radius 2 is 2.10 bits per heavy atom. The highest BCUT2D eigenvalue weighted by molar-refractivity contribution is 7.89. The topological polar surface area (TPSA) is 110 Å². The third kappa shape index (κ3) is 2.76. The van der Waals surface area contributed by atoms with Crippen molar-refractivity contribution < 1.29 is 22.8 Å². The van der Waals surface area contributed by atoms with Gasteiger partial charge in [0, 0.05) is 23.6 Å². The molecule has 2 rings (SSSR count). The minimum absolute atomic E-state index is 0.211. The van der Waals surface area contributed by atoms with Gasteiger partial charge >= 0.3 is 0 Å². The van der Waals surface area contributed by atoms with Crippen LogP contribution in [-0.4, -0.2) is 30.6 Å². The third-order valence-corrected chi connectivity index (χ3v) is 5.42. The second-order valence-electron chi connectivity index (χ2n) is 5.62. The van der Waals surface area contributed by atoms with Gasteiger partial charge in [-0.05, 0) is 12.5 Å². The lowest BCUT2D eigenvalue weighted by molar-refractivity contribution is -0.385. The van der Waals surface area contributed by atoms with Crippen LogP contribution in [0.1, 0.15) is 20.3 Å². The van der Waals surface area contributed by atoms with Gasteiger partial charge in [0.15, 0.2) is 0 Å². The van der Waals surface area contributed by atoms with Crippen molar-refractivity contribution in [2.24, 2.45) is 5.41 Å². The molecule has 0 amide bonds. The maximum absolute atomic E-state index is 13.7. The van der Waals surface area contributed by atoms with E-state index in [1.54, 1.807) is 13.8 Å². The molecule has 0 radical (unpaired) electrons. The molecule has 1 aliphatic rings. The summed E-state index contributed by atoms with van der Waals surface area (Å²) in [5, 5.41) is 20.2. The standard InChI is InChI=1S/C12H15FN2O5S/c1-12(2)10(6-11(12)16)14-21(19,20)9-5-7(15(17)18)3-4-8(9)13/h3-5,10-11,14,16H,6H2,1-2H3. The molecule has 2 unspecified atom stereocenters. The number of halogens is 1. The normalized spacial score (nSPS) is 24.4. The Morgan fingerprint density at radius 3 is 2.57 bits per heavy atom. The molecule has 116 valence electrons. The van der Waals surface area contributed by atoms with Crippen molar-refractivity contribution >= 4 is 15.7 Å². The molecular formula is C12H15FN2O5S. The summed E-state index contributed by atoms with van der Waals surface area (Å²) in [5.74, 6) is -1.06. The van der Waals surface area contributed by atoms with Gasteiger partial charge in [-0.25, -0.2) is 17.5 Å². The Kier molecular flexibility index (Phi) is 3.77. The molecule has 2 N–H and O–H groups in total. The Morgan fingerprint density at radius 1 is 1.48 bits per heavy atom. The molecule has 1 aliphatic carbocycles. The average molecular weight is 318 g/mol. The Balaban J connectivity index is 2.32. The van der Waals surface area contributed by atoms with Crippen molar-refractivity contribution in [3.8, 4) is 0 Å². The van der Waals surface area contributed by atoms with Crippen molar-refractivity contribution in [1.29, 1.82) is 0 Å². The number of benzene rings is 1. The fourth-order valence-electron chi connectivity index (χ4n) is 2.16. The lowest BCUT2D eigenvalue weighted by Crippen LogP contribution is -2.61. The molecule has 7 nitrogen and oxygen atoms in total. The first-order valence-corrected chi connectivity index (χ1v) is 7.68. The highest BCUT2D eigenvalue weighted by Gasteiger charge is 2.49. The van der Waals surface area contributed by atoms with Crippen LogP contribution < -0.4 is 4.72 Å². The molecule has 0 heterocycles. The molecule has 0 bridgehead atoms. The van der Waals surface area contributed by atoms with E-state index in [0.717, 1.165) is 12.1 Å². The van der Waals surface area contributed by atoms with Gasteiger partial charge in [0.1, 0.15) is 10.7 Å². The molecule has 1 aromatic rings. The average Bonchev–Trinajstić information content (AvgIpc) is 2.38. The minimum Gasteiger partial charge on any atom is -0.392 e. The number of hydrogen-bond acceptors (Lipinski definition) is 5. The molecule has 0 spiro atoms. The van der Waals surface area contributed by atoms with E-state index in [2.05, 4.69) is 4.72 Å². The van der Waals surface area contributed by atoms with Gasteiger partial charge in [-0.3, -0.25) is 10.1 Å². The van der Waals surface area contributed by atoms with Crippen molar-refractivity contribution in [1.82, 2.24) is 4.72 Å². The highest BCUT2D eigenvalue weighted by atomic mass is 32.2. The first kappa shape index (κ1) is 15.8. The van der Waals surface area contributed by atoms with Crippen LogP contribution in [0.3, 0.4) is 0 Å². The molecule has 0 aliphatic heterocycles. The highest BCUT2D eigenvalue weighted by Crippen LogP contribution is 2.41. The van der Waals surface area contributed by atoms with E-state index in [9.17, 15) is 28.0 Å². The third-order valence-electron chi connectivity index (χ3n) is 3.93. The number of hydrogen-bond donors (Lipinski definition) is 2. The monoisotopic (exact) mass is 318 g/mol. The molecule has 2 atom stereocenters. The first-order valence-electron chi connectivity index (χ1n) is 6.20. The number of nitro groups is 1. The molecule has 1 saturated carbocycles. The summed E-state index contributed by atoms with van der Waals surface area (Å²) < 4.78 is 40.3. The first-order chi connectivity index (χ1) is 9.55. The predicted molar refractivity (Wildman–Crippen MR) is 71.6 cm³/mol.